The molecule has 0 aromatic carbocycles. The van der Waals surface area contributed by atoms with Crippen LogP contribution in [0, 0.1) is 10.1 Å². The summed E-state index contributed by atoms with van der Waals surface area (Å²) in [4.78, 5) is 25.0. The average molecular weight is 231 g/mol. The highest BCUT2D eigenvalue weighted by molar-refractivity contribution is 5.28. The van der Waals surface area contributed by atoms with E-state index in [0.717, 1.165) is 0 Å². The van der Waals surface area contributed by atoms with Crippen LogP contribution in [0.2, 0.25) is 0 Å². The fraction of sp³-hybridized carbons (Fsp3) is 0.778. The zero-order valence-electron chi connectivity index (χ0n) is 9.17. The molecule has 1 saturated heterocycles. The van der Waals surface area contributed by atoms with Gasteiger partial charge in [-0.25, -0.2) is 9.78 Å². The van der Waals surface area contributed by atoms with Crippen LogP contribution in [0.4, 0.5) is 0 Å². The summed E-state index contributed by atoms with van der Waals surface area (Å²) in [6.45, 7) is 4.84. The van der Waals surface area contributed by atoms with E-state index in [9.17, 15) is 15.2 Å². The van der Waals surface area contributed by atoms with Crippen LogP contribution in [-0.4, -0.2) is 33.6 Å². The molecule has 7 nitrogen and oxygen atoms in total. The van der Waals surface area contributed by atoms with Gasteiger partial charge in [0.2, 0.25) is 0 Å². The normalized spacial score (nSPS) is 46.4. The molecule has 2 aliphatic rings. The zero-order chi connectivity index (χ0) is 12.1. The van der Waals surface area contributed by atoms with Crippen LogP contribution >= 0.6 is 0 Å². The zero-order valence-corrected chi connectivity index (χ0v) is 9.17. The van der Waals surface area contributed by atoms with Crippen molar-refractivity contribution in [3.63, 3.8) is 0 Å². The molecule has 1 aliphatic carbocycles. The highest BCUT2D eigenvalue weighted by atomic mass is 17.2. The largest absolute Gasteiger partial charge is 0.386 e. The standard InChI is InChI=1S/C9H13NO6/c1-5-4-8(2)7(11)9(3,16-15-8)6(5)14-10(12)13/h4,6-7,11H,1-3H3. The second-order valence-electron chi connectivity index (χ2n) is 4.53. The van der Waals surface area contributed by atoms with Crippen LogP contribution in [0.5, 0.6) is 0 Å². The van der Waals surface area contributed by atoms with Gasteiger partial charge in [0.25, 0.3) is 5.09 Å². The highest BCUT2D eigenvalue weighted by Gasteiger charge is 2.63. The summed E-state index contributed by atoms with van der Waals surface area (Å²) in [5.74, 6) is 0. The minimum atomic E-state index is -1.26. The fourth-order valence-electron chi connectivity index (χ4n) is 2.38. The molecule has 0 radical (unpaired) electrons. The van der Waals surface area contributed by atoms with E-state index in [-0.39, 0.29) is 0 Å². The third-order valence-corrected chi connectivity index (χ3v) is 3.13. The quantitative estimate of drug-likeness (QED) is 0.319. The van der Waals surface area contributed by atoms with Gasteiger partial charge in [0.05, 0.1) is 0 Å². The van der Waals surface area contributed by atoms with Gasteiger partial charge in [0, 0.05) is 0 Å². The van der Waals surface area contributed by atoms with Gasteiger partial charge in [0.15, 0.2) is 11.7 Å². The van der Waals surface area contributed by atoms with Crippen molar-refractivity contribution in [2.45, 2.75) is 44.2 Å². The Kier molecular flexibility index (Phi) is 2.23. The molecule has 7 heteroatoms. The Morgan fingerprint density at radius 2 is 2.19 bits per heavy atom. The van der Waals surface area contributed by atoms with Crippen LogP contribution in [0.15, 0.2) is 11.6 Å². The molecule has 0 saturated carbocycles. The summed E-state index contributed by atoms with van der Waals surface area (Å²) in [5, 5.41) is 19.5. The smallest absolute Gasteiger partial charge is 0.295 e. The summed E-state index contributed by atoms with van der Waals surface area (Å²) in [7, 11) is 0. The molecule has 4 unspecified atom stereocenters. The molecule has 0 aromatic heterocycles. The first-order valence-electron chi connectivity index (χ1n) is 4.85. The summed E-state index contributed by atoms with van der Waals surface area (Å²) in [6.07, 6.45) is -0.401. The second kappa shape index (κ2) is 3.16. The Labute approximate surface area is 91.6 Å². The van der Waals surface area contributed by atoms with Crippen molar-refractivity contribution < 1.29 is 24.8 Å². The topological polar surface area (TPSA) is 91.1 Å². The van der Waals surface area contributed by atoms with E-state index in [4.69, 9.17) is 9.78 Å². The monoisotopic (exact) mass is 231 g/mol. The van der Waals surface area contributed by atoms with Crippen LogP contribution < -0.4 is 0 Å². The second-order valence-corrected chi connectivity index (χ2v) is 4.53. The maximum absolute atomic E-state index is 10.4. The van der Waals surface area contributed by atoms with E-state index in [0.29, 0.717) is 5.57 Å². The van der Waals surface area contributed by atoms with Crippen molar-refractivity contribution in [3.8, 4) is 0 Å². The van der Waals surface area contributed by atoms with Gasteiger partial charge >= 0.3 is 0 Å². The maximum Gasteiger partial charge on any atom is 0.295 e. The van der Waals surface area contributed by atoms with Gasteiger partial charge in [-0.1, -0.05) is 0 Å². The molecule has 4 atom stereocenters. The van der Waals surface area contributed by atoms with Gasteiger partial charge in [-0.2, -0.15) is 0 Å². The van der Waals surface area contributed by atoms with E-state index >= 15 is 0 Å². The SMILES string of the molecule is CC1=CC2(C)OOC(C)(C1O[N+](=O)[O-])C2O. The van der Waals surface area contributed by atoms with E-state index < -0.39 is 28.5 Å². The molecule has 1 heterocycles. The van der Waals surface area contributed by atoms with Crippen LogP contribution in [0.3, 0.4) is 0 Å². The Morgan fingerprint density at radius 3 is 2.75 bits per heavy atom. The van der Waals surface area contributed by atoms with Crippen molar-refractivity contribution in [1.29, 1.82) is 0 Å². The Balaban J connectivity index is 2.40. The molecule has 1 N–H and O–H groups in total. The van der Waals surface area contributed by atoms with E-state index in [2.05, 4.69) is 4.84 Å². The number of rotatable bonds is 2. The summed E-state index contributed by atoms with van der Waals surface area (Å²) in [6, 6.07) is 0. The number of hydrogen-bond donors (Lipinski definition) is 1. The van der Waals surface area contributed by atoms with Crippen molar-refractivity contribution >= 4 is 0 Å². The summed E-state index contributed by atoms with van der Waals surface area (Å²) in [5.41, 5.74) is -1.64. The molecule has 1 fully saturated rings. The lowest BCUT2D eigenvalue weighted by Gasteiger charge is -2.38. The van der Waals surface area contributed by atoms with Crippen LogP contribution in [0.25, 0.3) is 0 Å². The summed E-state index contributed by atoms with van der Waals surface area (Å²) < 4.78 is 0. The molecule has 2 bridgehead atoms. The maximum atomic E-state index is 10.4. The first-order chi connectivity index (χ1) is 7.29. The van der Waals surface area contributed by atoms with Crippen molar-refractivity contribution in [1.82, 2.24) is 0 Å². The number of aliphatic hydroxyl groups is 1. The highest BCUT2D eigenvalue weighted by Crippen LogP contribution is 2.46. The lowest BCUT2D eigenvalue weighted by Crippen LogP contribution is -2.57. The van der Waals surface area contributed by atoms with Gasteiger partial charge in [-0.3, -0.25) is 0 Å². The van der Waals surface area contributed by atoms with Gasteiger partial charge in [0.1, 0.15) is 11.7 Å². The Morgan fingerprint density at radius 1 is 1.56 bits per heavy atom. The molecule has 2 rings (SSSR count). The molecule has 90 valence electrons. The molecule has 0 spiro atoms. The van der Waals surface area contributed by atoms with E-state index in [1.54, 1.807) is 19.9 Å². The van der Waals surface area contributed by atoms with E-state index in [1.807, 2.05) is 0 Å². The number of nitrogens with zero attached hydrogens (tertiary/aromatic N) is 1. The molecule has 0 aromatic rings. The third kappa shape index (κ3) is 1.32. The molecular formula is C9H13NO6. The fourth-order valence-corrected chi connectivity index (χ4v) is 2.38. The van der Waals surface area contributed by atoms with Crippen LogP contribution in [0.1, 0.15) is 20.8 Å². The lowest BCUT2D eigenvalue weighted by molar-refractivity contribution is -0.771. The minimum absolute atomic E-state index is 0.601. The van der Waals surface area contributed by atoms with E-state index in [1.165, 1.54) is 6.92 Å². The number of aliphatic hydroxyl groups excluding tert-OH is 1. The van der Waals surface area contributed by atoms with Gasteiger partial charge < -0.3 is 9.94 Å². The first-order valence-corrected chi connectivity index (χ1v) is 4.85. The molecule has 1 aliphatic heterocycles. The number of fused-ring (bicyclic) bond motifs is 2. The molecule has 16 heavy (non-hydrogen) atoms. The Bertz CT molecular complexity index is 369. The van der Waals surface area contributed by atoms with Crippen molar-refractivity contribution in [2.75, 3.05) is 0 Å². The third-order valence-electron chi connectivity index (χ3n) is 3.13. The predicted molar refractivity (Wildman–Crippen MR) is 50.6 cm³/mol. The first kappa shape index (κ1) is 11.3. The van der Waals surface area contributed by atoms with Gasteiger partial charge in [-0.15, -0.1) is 10.1 Å². The Hall–Kier alpha value is -1.18. The van der Waals surface area contributed by atoms with Gasteiger partial charge in [-0.05, 0) is 32.4 Å². The molecular weight excluding hydrogens is 218 g/mol. The predicted octanol–water partition coefficient (Wildman–Crippen LogP) is 0.363. The summed E-state index contributed by atoms with van der Waals surface area (Å²) >= 11 is 0. The molecule has 0 amide bonds. The van der Waals surface area contributed by atoms with Crippen molar-refractivity contribution in [3.05, 3.63) is 21.8 Å². The average Bonchev–Trinajstić information content (AvgIpc) is 2.33. The lowest BCUT2D eigenvalue weighted by atomic mass is 9.75. The van der Waals surface area contributed by atoms with Crippen LogP contribution in [-0.2, 0) is 14.6 Å². The minimum Gasteiger partial charge on any atom is -0.386 e. The van der Waals surface area contributed by atoms with Crippen molar-refractivity contribution in [2.24, 2.45) is 0 Å². The number of hydrogen-bond acceptors (Lipinski definition) is 6.